The molecule has 0 radical (unpaired) electrons. The van der Waals surface area contributed by atoms with E-state index in [9.17, 15) is 4.79 Å². The molecule has 1 aliphatic heterocycles. The smallest absolute Gasteiger partial charge is 0.320 e. The molecule has 0 aromatic carbocycles. The van der Waals surface area contributed by atoms with E-state index in [0.717, 1.165) is 25.9 Å². The van der Waals surface area contributed by atoms with Gasteiger partial charge >= 0.3 is 5.97 Å². The van der Waals surface area contributed by atoms with Crippen LogP contribution in [0.1, 0.15) is 51.9 Å². The van der Waals surface area contributed by atoms with Crippen molar-refractivity contribution in [2.45, 2.75) is 70.1 Å². The van der Waals surface area contributed by atoms with Crippen LogP contribution in [0.25, 0.3) is 0 Å². The van der Waals surface area contributed by atoms with Crippen LogP contribution in [0.2, 0.25) is 0 Å². The number of piperidine rings is 1. The number of carbonyl (C=O) groups is 1. The van der Waals surface area contributed by atoms with Crippen LogP contribution >= 0.6 is 0 Å². The van der Waals surface area contributed by atoms with Gasteiger partial charge in [0.25, 0.3) is 0 Å². The molecule has 0 bridgehead atoms. The molecule has 1 atom stereocenters. The Hall–Kier alpha value is -0.610. The Bertz CT molecular complexity index is 268. The number of carboxylic acids is 1. The number of ether oxygens (including phenoxy) is 1. The van der Waals surface area contributed by atoms with Crippen molar-refractivity contribution in [3.05, 3.63) is 0 Å². The third-order valence-electron chi connectivity index (χ3n) is 4.28. The van der Waals surface area contributed by atoms with E-state index in [1.165, 1.54) is 25.7 Å². The highest BCUT2D eigenvalue weighted by Gasteiger charge is 2.30. The minimum Gasteiger partial charge on any atom is -0.480 e. The Kier molecular flexibility index (Phi) is 5.01. The first-order valence-corrected chi connectivity index (χ1v) is 7.33. The summed E-state index contributed by atoms with van der Waals surface area (Å²) in [5, 5.41) is 9.15. The SMILES string of the molecule is CCC(C(=O)O)N1CCC(OC2CCCC2)CC1. The van der Waals surface area contributed by atoms with Crippen molar-refractivity contribution in [2.75, 3.05) is 13.1 Å². The largest absolute Gasteiger partial charge is 0.480 e. The fourth-order valence-corrected chi connectivity index (χ4v) is 3.21. The molecule has 0 spiro atoms. The molecule has 0 aromatic heterocycles. The van der Waals surface area contributed by atoms with Gasteiger partial charge < -0.3 is 9.84 Å². The average Bonchev–Trinajstić information content (AvgIpc) is 2.84. The van der Waals surface area contributed by atoms with Gasteiger partial charge in [-0.25, -0.2) is 0 Å². The van der Waals surface area contributed by atoms with Crippen LogP contribution in [0, 0.1) is 0 Å². The van der Waals surface area contributed by atoms with Crippen molar-refractivity contribution in [1.29, 1.82) is 0 Å². The van der Waals surface area contributed by atoms with Crippen LogP contribution in [0.5, 0.6) is 0 Å². The summed E-state index contributed by atoms with van der Waals surface area (Å²) in [5.41, 5.74) is 0. The van der Waals surface area contributed by atoms with Gasteiger partial charge in [0.2, 0.25) is 0 Å². The molecule has 1 aliphatic carbocycles. The summed E-state index contributed by atoms with van der Waals surface area (Å²) in [4.78, 5) is 13.2. The lowest BCUT2D eigenvalue weighted by molar-refractivity contribution is -0.145. The van der Waals surface area contributed by atoms with Gasteiger partial charge in [-0.1, -0.05) is 19.8 Å². The Morgan fingerprint density at radius 2 is 1.78 bits per heavy atom. The van der Waals surface area contributed by atoms with Crippen molar-refractivity contribution >= 4 is 5.97 Å². The maximum absolute atomic E-state index is 11.1. The van der Waals surface area contributed by atoms with Gasteiger partial charge in [-0.15, -0.1) is 0 Å². The standard InChI is InChI=1S/C14H25NO3/c1-2-13(14(16)17)15-9-7-12(8-10-15)18-11-5-3-4-6-11/h11-13H,2-10H2,1H3,(H,16,17). The first kappa shape index (κ1) is 13.8. The Labute approximate surface area is 109 Å². The van der Waals surface area contributed by atoms with E-state index in [1.807, 2.05) is 6.92 Å². The van der Waals surface area contributed by atoms with Crippen molar-refractivity contribution in [2.24, 2.45) is 0 Å². The molecule has 2 fully saturated rings. The molecule has 1 saturated carbocycles. The normalized spacial score (nSPS) is 25.4. The topological polar surface area (TPSA) is 49.8 Å². The molecule has 1 unspecified atom stereocenters. The molecule has 2 aliphatic rings. The van der Waals surface area contributed by atoms with Crippen LogP contribution in [0.3, 0.4) is 0 Å². The zero-order valence-corrected chi connectivity index (χ0v) is 11.3. The molecule has 18 heavy (non-hydrogen) atoms. The predicted octanol–water partition coefficient (Wildman–Crippen LogP) is 2.27. The van der Waals surface area contributed by atoms with Crippen LogP contribution in [-0.2, 0) is 9.53 Å². The summed E-state index contributed by atoms with van der Waals surface area (Å²) < 4.78 is 6.10. The quantitative estimate of drug-likeness (QED) is 0.818. The molecule has 1 N–H and O–H groups in total. The molecular weight excluding hydrogens is 230 g/mol. The fourth-order valence-electron chi connectivity index (χ4n) is 3.21. The zero-order chi connectivity index (χ0) is 13.0. The number of carboxylic acid groups (broad SMARTS) is 1. The molecule has 1 saturated heterocycles. The number of nitrogens with zero attached hydrogens (tertiary/aromatic N) is 1. The summed E-state index contributed by atoms with van der Waals surface area (Å²) in [6.07, 6.45) is 8.53. The minimum atomic E-state index is -0.687. The van der Waals surface area contributed by atoms with Gasteiger partial charge in [0.05, 0.1) is 12.2 Å². The van der Waals surface area contributed by atoms with Crippen LogP contribution in [0.15, 0.2) is 0 Å². The molecular formula is C14H25NO3. The van der Waals surface area contributed by atoms with Gasteiger partial charge in [-0.3, -0.25) is 9.69 Å². The number of hydrogen-bond acceptors (Lipinski definition) is 3. The van der Waals surface area contributed by atoms with Crippen LogP contribution in [0.4, 0.5) is 0 Å². The van der Waals surface area contributed by atoms with E-state index >= 15 is 0 Å². The fraction of sp³-hybridized carbons (Fsp3) is 0.929. The van der Waals surface area contributed by atoms with Crippen molar-refractivity contribution in [3.63, 3.8) is 0 Å². The van der Waals surface area contributed by atoms with E-state index in [4.69, 9.17) is 9.84 Å². The predicted molar refractivity (Wildman–Crippen MR) is 69.7 cm³/mol. The van der Waals surface area contributed by atoms with Crippen molar-refractivity contribution in [3.8, 4) is 0 Å². The monoisotopic (exact) mass is 255 g/mol. The zero-order valence-electron chi connectivity index (χ0n) is 11.3. The lowest BCUT2D eigenvalue weighted by Gasteiger charge is -2.36. The second-order valence-electron chi connectivity index (χ2n) is 5.54. The minimum absolute atomic E-state index is 0.308. The van der Waals surface area contributed by atoms with Crippen molar-refractivity contribution in [1.82, 2.24) is 4.90 Å². The van der Waals surface area contributed by atoms with E-state index in [0.29, 0.717) is 18.6 Å². The van der Waals surface area contributed by atoms with Gasteiger partial charge in [0.15, 0.2) is 0 Å². The number of rotatable bonds is 5. The first-order valence-electron chi connectivity index (χ1n) is 7.33. The molecule has 4 heteroatoms. The number of aliphatic carboxylic acids is 1. The number of hydrogen-bond donors (Lipinski definition) is 1. The molecule has 0 aromatic rings. The van der Waals surface area contributed by atoms with Gasteiger partial charge in [-0.05, 0) is 32.1 Å². The Balaban J connectivity index is 1.74. The highest BCUT2D eigenvalue weighted by atomic mass is 16.5. The van der Waals surface area contributed by atoms with E-state index in [2.05, 4.69) is 4.90 Å². The van der Waals surface area contributed by atoms with Gasteiger partial charge in [0.1, 0.15) is 6.04 Å². The maximum Gasteiger partial charge on any atom is 0.320 e. The third kappa shape index (κ3) is 3.45. The summed E-state index contributed by atoms with van der Waals surface area (Å²) in [6.45, 7) is 3.67. The lowest BCUT2D eigenvalue weighted by Crippen LogP contribution is -2.47. The maximum atomic E-state index is 11.1. The Morgan fingerprint density at radius 1 is 1.22 bits per heavy atom. The van der Waals surface area contributed by atoms with E-state index in [-0.39, 0.29) is 6.04 Å². The van der Waals surface area contributed by atoms with Gasteiger partial charge in [-0.2, -0.15) is 0 Å². The second-order valence-corrected chi connectivity index (χ2v) is 5.54. The summed E-state index contributed by atoms with van der Waals surface area (Å²) >= 11 is 0. The molecule has 104 valence electrons. The van der Waals surface area contributed by atoms with Crippen LogP contribution < -0.4 is 0 Å². The highest BCUT2D eigenvalue weighted by molar-refractivity contribution is 5.73. The van der Waals surface area contributed by atoms with Gasteiger partial charge in [0, 0.05) is 13.1 Å². The summed E-state index contributed by atoms with van der Waals surface area (Å²) in [7, 11) is 0. The molecule has 1 heterocycles. The van der Waals surface area contributed by atoms with E-state index < -0.39 is 5.97 Å². The van der Waals surface area contributed by atoms with E-state index in [1.54, 1.807) is 0 Å². The third-order valence-corrected chi connectivity index (χ3v) is 4.28. The first-order chi connectivity index (χ1) is 8.70. The summed E-state index contributed by atoms with van der Waals surface area (Å²) in [5.74, 6) is -0.687. The van der Waals surface area contributed by atoms with Crippen molar-refractivity contribution < 1.29 is 14.6 Å². The molecule has 0 amide bonds. The Morgan fingerprint density at radius 3 is 2.28 bits per heavy atom. The number of likely N-dealkylation sites (tertiary alicyclic amines) is 1. The molecule has 4 nitrogen and oxygen atoms in total. The summed E-state index contributed by atoms with van der Waals surface area (Å²) in [6, 6.07) is -0.308. The second kappa shape index (κ2) is 6.53. The average molecular weight is 255 g/mol. The molecule has 2 rings (SSSR count). The van der Waals surface area contributed by atoms with Crippen LogP contribution in [-0.4, -0.2) is 47.3 Å². The lowest BCUT2D eigenvalue weighted by atomic mass is 10.0. The highest BCUT2D eigenvalue weighted by Crippen LogP contribution is 2.26.